The summed E-state index contributed by atoms with van der Waals surface area (Å²) in [6.07, 6.45) is 1.62. The molecule has 0 saturated carbocycles. The first-order valence-corrected chi connectivity index (χ1v) is 8.03. The Hall–Kier alpha value is -2.90. The van der Waals surface area contributed by atoms with Crippen LogP contribution >= 0.6 is 0 Å². The molecule has 1 heterocycles. The number of rotatable bonds is 6. The number of nitrogens with zero attached hydrogens (tertiary/aromatic N) is 2. The van der Waals surface area contributed by atoms with Crippen molar-refractivity contribution < 1.29 is 19.2 Å². The SMILES string of the molecule is CCCCOC(=O)C1=C(C)N(C)C(=O)NC1c1cccc([N+](=O)[O-])c1. The molecule has 2 amide bonds. The molecule has 1 aromatic rings. The number of nitro groups is 1. The summed E-state index contributed by atoms with van der Waals surface area (Å²) in [5.41, 5.74) is 1.08. The van der Waals surface area contributed by atoms with Gasteiger partial charge in [0.15, 0.2) is 0 Å². The highest BCUT2D eigenvalue weighted by Gasteiger charge is 2.35. The van der Waals surface area contributed by atoms with Crippen molar-refractivity contribution >= 4 is 17.7 Å². The average molecular weight is 347 g/mol. The minimum atomic E-state index is -0.794. The van der Waals surface area contributed by atoms with Gasteiger partial charge in [0.2, 0.25) is 0 Å². The van der Waals surface area contributed by atoms with Crippen molar-refractivity contribution in [2.45, 2.75) is 32.7 Å². The minimum absolute atomic E-state index is 0.109. The number of carbonyl (C=O) groups is 2. The van der Waals surface area contributed by atoms with Crippen LogP contribution in [0.2, 0.25) is 0 Å². The highest BCUT2D eigenvalue weighted by atomic mass is 16.6. The number of ether oxygens (including phenoxy) is 1. The summed E-state index contributed by atoms with van der Waals surface area (Å²) in [6.45, 7) is 3.92. The van der Waals surface area contributed by atoms with Crippen molar-refractivity contribution in [3.05, 3.63) is 51.2 Å². The summed E-state index contributed by atoms with van der Waals surface area (Å²) >= 11 is 0. The number of non-ortho nitro benzene ring substituents is 1. The second-order valence-corrected chi connectivity index (χ2v) is 5.78. The molecule has 0 aromatic heterocycles. The van der Waals surface area contributed by atoms with Crippen LogP contribution in [0.4, 0.5) is 10.5 Å². The van der Waals surface area contributed by atoms with E-state index in [0.29, 0.717) is 11.3 Å². The van der Waals surface area contributed by atoms with E-state index < -0.39 is 16.9 Å². The van der Waals surface area contributed by atoms with Crippen molar-refractivity contribution in [3.63, 3.8) is 0 Å². The molecule has 8 nitrogen and oxygen atoms in total. The Morgan fingerprint density at radius 3 is 2.80 bits per heavy atom. The molecule has 0 radical (unpaired) electrons. The molecule has 134 valence electrons. The lowest BCUT2D eigenvalue weighted by Crippen LogP contribution is -2.46. The van der Waals surface area contributed by atoms with Crippen LogP contribution in [-0.4, -0.2) is 35.5 Å². The van der Waals surface area contributed by atoms with Crippen molar-refractivity contribution in [3.8, 4) is 0 Å². The molecule has 1 N–H and O–H groups in total. The van der Waals surface area contributed by atoms with Crippen LogP contribution in [0.1, 0.15) is 38.3 Å². The van der Waals surface area contributed by atoms with Gasteiger partial charge in [0.25, 0.3) is 5.69 Å². The number of amides is 2. The number of hydrogen-bond acceptors (Lipinski definition) is 5. The number of nitro benzene ring substituents is 1. The van der Waals surface area contributed by atoms with Crippen LogP contribution in [-0.2, 0) is 9.53 Å². The zero-order valence-electron chi connectivity index (χ0n) is 14.4. The van der Waals surface area contributed by atoms with E-state index in [4.69, 9.17) is 4.74 Å². The number of nitrogens with one attached hydrogen (secondary N) is 1. The predicted octanol–water partition coefficient (Wildman–Crippen LogP) is 2.91. The van der Waals surface area contributed by atoms with E-state index >= 15 is 0 Å². The number of unbranched alkanes of at least 4 members (excludes halogenated alkanes) is 1. The Balaban J connectivity index is 2.42. The third-order valence-electron chi connectivity index (χ3n) is 4.12. The third-order valence-corrected chi connectivity index (χ3v) is 4.12. The number of carbonyl (C=O) groups excluding carboxylic acids is 2. The maximum Gasteiger partial charge on any atom is 0.338 e. The lowest BCUT2D eigenvalue weighted by Gasteiger charge is -2.33. The van der Waals surface area contributed by atoms with Gasteiger partial charge in [0.05, 0.1) is 23.1 Å². The molecule has 1 atom stereocenters. The minimum Gasteiger partial charge on any atom is -0.462 e. The molecule has 0 spiro atoms. The Kier molecular flexibility index (Phi) is 5.74. The molecule has 0 saturated heterocycles. The standard InChI is InChI=1S/C17H21N3O5/c1-4-5-9-25-16(21)14-11(2)19(3)17(22)18-15(14)12-7-6-8-13(10-12)20(23)24/h6-8,10,15H,4-5,9H2,1-3H3,(H,18,22). The smallest absolute Gasteiger partial charge is 0.338 e. The highest BCUT2D eigenvalue weighted by molar-refractivity contribution is 5.95. The molecule has 0 fully saturated rings. The molecular weight excluding hydrogens is 326 g/mol. The van der Waals surface area contributed by atoms with Crippen molar-refractivity contribution in [1.29, 1.82) is 0 Å². The molecule has 8 heteroatoms. The summed E-state index contributed by atoms with van der Waals surface area (Å²) in [5, 5.41) is 13.7. The summed E-state index contributed by atoms with van der Waals surface area (Å²) in [4.78, 5) is 36.5. The summed E-state index contributed by atoms with van der Waals surface area (Å²) in [5.74, 6) is -0.533. The van der Waals surface area contributed by atoms with E-state index in [0.717, 1.165) is 12.8 Å². The second-order valence-electron chi connectivity index (χ2n) is 5.78. The molecular formula is C17H21N3O5. The van der Waals surface area contributed by atoms with E-state index in [2.05, 4.69) is 5.32 Å². The van der Waals surface area contributed by atoms with Crippen molar-refractivity contribution in [2.24, 2.45) is 0 Å². The van der Waals surface area contributed by atoms with Crippen LogP contribution in [0.5, 0.6) is 0 Å². The topological polar surface area (TPSA) is 102 Å². The first kappa shape index (κ1) is 18.4. The van der Waals surface area contributed by atoms with E-state index in [1.54, 1.807) is 20.0 Å². The fourth-order valence-electron chi connectivity index (χ4n) is 2.55. The molecule has 2 rings (SSSR count). The largest absolute Gasteiger partial charge is 0.462 e. The zero-order valence-corrected chi connectivity index (χ0v) is 14.4. The van der Waals surface area contributed by atoms with Gasteiger partial charge in [-0.15, -0.1) is 0 Å². The molecule has 25 heavy (non-hydrogen) atoms. The number of benzene rings is 1. The van der Waals surface area contributed by atoms with Gasteiger partial charge in [0.1, 0.15) is 0 Å². The van der Waals surface area contributed by atoms with E-state index in [-0.39, 0.29) is 23.9 Å². The predicted molar refractivity (Wildman–Crippen MR) is 90.7 cm³/mol. The average Bonchev–Trinajstić information content (AvgIpc) is 2.59. The van der Waals surface area contributed by atoms with Crippen LogP contribution in [0.3, 0.4) is 0 Å². The normalized spacial score (nSPS) is 17.3. The van der Waals surface area contributed by atoms with Gasteiger partial charge in [0, 0.05) is 24.9 Å². The molecule has 0 bridgehead atoms. The highest BCUT2D eigenvalue weighted by Crippen LogP contribution is 2.32. The van der Waals surface area contributed by atoms with Crippen molar-refractivity contribution in [2.75, 3.05) is 13.7 Å². The monoisotopic (exact) mass is 347 g/mol. The quantitative estimate of drug-likeness (QED) is 0.369. The Morgan fingerprint density at radius 1 is 1.44 bits per heavy atom. The van der Waals surface area contributed by atoms with E-state index in [1.165, 1.54) is 23.1 Å². The Morgan fingerprint density at radius 2 is 2.16 bits per heavy atom. The first-order chi connectivity index (χ1) is 11.9. The second kappa shape index (κ2) is 7.78. The molecule has 0 aliphatic carbocycles. The fourth-order valence-corrected chi connectivity index (χ4v) is 2.55. The maximum absolute atomic E-state index is 12.5. The van der Waals surface area contributed by atoms with Crippen molar-refractivity contribution in [1.82, 2.24) is 10.2 Å². The van der Waals surface area contributed by atoms with Gasteiger partial charge < -0.3 is 15.0 Å². The summed E-state index contributed by atoms with van der Waals surface area (Å²) < 4.78 is 5.30. The van der Waals surface area contributed by atoms with Gasteiger partial charge in [-0.2, -0.15) is 0 Å². The Bertz CT molecular complexity index is 729. The van der Waals surface area contributed by atoms with Crippen LogP contribution in [0, 0.1) is 10.1 Å². The van der Waals surface area contributed by atoms with Gasteiger partial charge in [-0.1, -0.05) is 25.5 Å². The van der Waals surface area contributed by atoms with Gasteiger partial charge in [-0.25, -0.2) is 9.59 Å². The Labute approximate surface area is 145 Å². The molecule has 1 unspecified atom stereocenters. The number of urea groups is 1. The fraction of sp³-hybridized carbons (Fsp3) is 0.412. The molecule has 1 aromatic carbocycles. The number of allylic oxidation sites excluding steroid dienone is 1. The van der Waals surface area contributed by atoms with E-state index in [9.17, 15) is 19.7 Å². The van der Waals surface area contributed by atoms with Crippen LogP contribution in [0.25, 0.3) is 0 Å². The third kappa shape index (κ3) is 3.96. The van der Waals surface area contributed by atoms with E-state index in [1.807, 2.05) is 6.92 Å². The molecule has 1 aliphatic heterocycles. The summed E-state index contributed by atoms with van der Waals surface area (Å²) in [6, 6.07) is 4.68. The van der Waals surface area contributed by atoms with Crippen LogP contribution in [0.15, 0.2) is 35.5 Å². The van der Waals surface area contributed by atoms with Gasteiger partial charge in [-0.3, -0.25) is 10.1 Å². The lowest BCUT2D eigenvalue weighted by molar-refractivity contribution is -0.384. The van der Waals surface area contributed by atoms with Gasteiger partial charge >= 0.3 is 12.0 Å². The van der Waals surface area contributed by atoms with Crippen LogP contribution < -0.4 is 5.32 Å². The first-order valence-electron chi connectivity index (χ1n) is 8.03. The van der Waals surface area contributed by atoms with Gasteiger partial charge in [-0.05, 0) is 18.9 Å². The summed E-state index contributed by atoms with van der Waals surface area (Å²) in [7, 11) is 1.55. The maximum atomic E-state index is 12.5. The number of esters is 1. The number of hydrogen-bond donors (Lipinski definition) is 1. The zero-order chi connectivity index (χ0) is 18.6. The molecule has 1 aliphatic rings. The lowest BCUT2D eigenvalue weighted by atomic mass is 9.94.